The van der Waals surface area contributed by atoms with E-state index in [4.69, 9.17) is 14.1 Å². The predicted octanol–water partition coefficient (Wildman–Crippen LogP) is 4.01. The van der Waals surface area contributed by atoms with Crippen LogP contribution in [0.1, 0.15) is 4.88 Å². The van der Waals surface area contributed by atoms with Crippen molar-refractivity contribution >= 4 is 44.6 Å². The number of furan rings is 1. The molecular weight excluding hydrogens is 480 g/mol. The highest BCUT2D eigenvalue weighted by Gasteiger charge is 2.26. The van der Waals surface area contributed by atoms with E-state index in [1.807, 2.05) is 35.0 Å². The van der Waals surface area contributed by atoms with Crippen molar-refractivity contribution in [3.8, 4) is 11.5 Å². The Morgan fingerprint density at radius 2 is 1.82 bits per heavy atom. The number of thiazole rings is 1. The number of nitrogens with zero attached hydrogens (tertiary/aromatic N) is 4. The lowest BCUT2D eigenvalue weighted by molar-refractivity contribution is 0.0730. The van der Waals surface area contributed by atoms with Crippen LogP contribution in [-0.2, 0) is 14.8 Å². The van der Waals surface area contributed by atoms with Crippen LogP contribution in [0.15, 0.2) is 85.0 Å². The lowest BCUT2D eigenvalue weighted by atomic mass is 10.3. The Hall–Kier alpha value is -2.83. The summed E-state index contributed by atoms with van der Waals surface area (Å²) in [5.41, 5.74) is 1.41. The number of sulfonamides is 1. The van der Waals surface area contributed by atoms with Crippen molar-refractivity contribution in [3.63, 3.8) is 0 Å². The number of hydrogen-bond donors (Lipinski definition) is 0. The van der Waals surface area contributed by atoms with Gasteiger partial charge in [-0.1, -0.05) is 6.07 Å². The first-order valence-electron chi connectivity index (χ1n) is 10.2. The first kappa shape index (κ1) is 22.0. The Balaban J connectivity index is 1.49. The maximum Gasteiger partial charge on any atom is 0.243 e. The van der Waals surface area contributed by atoms with Crippen LogP contribution in [0.5, 0.6) is 0 Å². The van der Waals surface area contributed by atoms with Gasteiger partial charge in [-0.3, -0.25) is 0 Å². The molecule has 11 heteroatoms. The van der Waals surface area contributed by atoms with E-state index >= 15 is 0 Å². The summed E-state index contributed by atoms with van der Waals surface area (Å²) in [6, 6.07) is 14.2. The Morgan fingerprint density at radius 1 is 1.00 bits per heavy atom. The zero-order chi connectivity index (χ0) is 22.7. The summed E-state index contributed by atoms with van der Waals surface area (Å²) in [6.45, 7) is 1.55. The van der Waals surface area contributed by atoms with E-state index in [1.54, 1.807) is 52.8 Å². The van der Waals surface area contributed by atoms with Crippen LogP contribution in [0.25, 0.3) is 11.5 Å². The Kier molecular flexibility index (Phi) is 6.38. The van der Waals surface area contributed by atoms with Gasteiger partial charge >= 0.3 is 0 Å². The molecule has 0 aliphatic carbocycles. The van der Waals surface area contributed by atoms with Gasteiger partial charge in [0.1, 0.15) is 5.69 Å². The second kappa shape index (κ2) is 9.57. The fourth-order valence-corrected chi connectivity index (χ4v) is 6.13. The molecule has 0 radical (unpaired) electrons. The monoisotopic (exact) mass is 500 g/mol. The SMILES string of the molecule is O=S(=O)(c1ccc(N=c2scc(-c3ccco3)n2N=Cc2cccs2)cc1)N1CCOCC1. The number of rotatable bonds is 6. The minimum atomic E-state index is -3.54. The van der Waals surface area contributed by atoms with Gasteiger partial charge in [0.05, 0.1) is 36.3 Å². The zero-order valence-corrected chi connectivity index (χ0v) is 19.9. The van der Waals surface area contributed by atoms with Gasteiger partial charge < -0.3 is 9.15 Å². The molecule has 1 aromatic carbocycles. The lowest BCUT2D eigenvalue weighted by Gasteiger charge is -2.26. The molecule has 33 heavy (non-hydrogen) atoms. The molecule has 1 saturated heterocycles. The maximum absolute atomic E-state index is 12.9. The van der Waals surface area contributed by atoms with Crippen molar-refractivity contribution in [3.05, 3.63) is 75.2 Å². The van der Waals surface area contributed by atoms with Crippen molar-refractivity contribution in [2.24, 2.45) is 10.1 Å². The lowest BCUT2D eigenvalue weighted by Crippen LogP contribution is -2.40. The number of morpholine rings is 1. The molecule has 170 valence electrons. The van der Waals surface area contributed by atoms with E-state index in [-0.39, 0.29) is 4.90 Å². The molecule has 0 bridgehead atoms. The molecule has 4 heterocycles. The zero-order valence-electron chi connectivity index (χ0n) is 17.4. The quantitative estimate of drug-likeness (QED) is 0.374. The van der Waals surface area contributed by atoms with Crippen molar-refractivity contribution < 1.29 is 17.6 Å². The molecule has 0 amide bonds. The second-order valence-corrected chi connectivity index (χ2v) is 10.8. The third kappa shape index (κ3) is 4.77. The van der Waals surface area contributed by atoms with Crippen LogP contribution in [-0.4, -0.2) is 49.9 Å². The number of ether oxygens (including phenoxy) is 1. The van der Waals surface area contributed by atoms with Gasteiger partial charge in [-0.25, -0.2) is 18.1 Å². The molecule has 1 fully saturated rings. The summed E-state index contributed by atoms with van der Waals surface area (Å²) in [5.74, 6) is 0.683. The first-order valence-corrected chi connectivity index (χ1v) is 13.4. The van der Waals surface area contributed by atoms with Gasteiger partial charge in [0.25, 0.3) is 0 Å². The Morgan fingerprint density at radius 3 is 2.52 bits per heavy atom. The molecule has 3 aromatic heterocycles. The van der Waals surface area contributed by atoms with Crippen LogP contribution >= 0.6 is 22.7 Å². The summed E-state index contributed by atoms with van der Waals surface area (Å²) < 4.78 is 39.7. The maximum atomic E-state index is 12.9. The highest BCUT2D eigenvalue weighted by Crippen LogP contribution is 2.23. The van der Waals surface area contributed by atoms with Gasteiger partial charge in [-0.05, 0) is 47.8 Å². The Labute approximate surface area is 198 Å². The van der Waals surface area contributed by atoms with Crippen LogP contribution in [0.4, 0.5) is 5.69 Å². The van der Waals surface area contributed by atoms with E-state index < -0.39 is 10.0 Å². The summed E-state index contributed by atoms with van der Waals surface area (Å²) in [4.78, 5) is 6.61. The summed E-state index contributed by atoms with van der Waals surface area (Å²) in [7, 11) is -3.54. The van der Waals surface area contributed by atoms with Crippen molar-refractivity contribution in [2.75, 3.05) is 26.3 Å². The summed E-state index contributed by atoms with van der Waals surface area (Å²) in [6.07, 6.45) is 3.39. The van der Waals surface area contributed by atoms with Gasteiger partial charge in [0.2, 0.25) is 14.8 Å². The minimum Gasteiger partial charge on any atom is -0.463 e. The molecule has 0 unspecified atom stereocenters. The normalized spacial score (nSPS) is 16.1. The molecule has 1 aliphatic heterocycles. The van der Waals surface area contributed by atoms with E-state index in [9.17, 15) is 8.42 Å². The molecule has 0 spiro atoms. The van der Waals surface area contributed by atoms with Crippen LogP contribution in [0.2, 0.25) is 0 Å². The molecular formula is C22H20N4O4S3. The third-order valence-electron chi connectivity index (χ3n) is 4.97. The third-order valence-corrected chi connectivity index (χ3v) is 8.51. The van der Waals surface area contributed by atoms with Gasteiger partial charge in [-0.2, -0.15) is 9.41 Å². The van der Waals surface area contributed by atoms with Crippen molar-refractivity contribution in [1.82, 2.24) is 8.98 Å². The summed E-state index contributed by atoms with van der Waals surface area (Å²) in [5, 5.41) is 8.55. The van der Waals surface area contributed by atoms with E-state index in [1.165, 1.54) is 15.6 Å². The van der Waals surface area contributed by atoms with E-state index in [0.717, 1.165) is 10.6 Å². The highest BCUT2D eigenvalue weighted by molar-refractivity contribution is 7.89. The van der Waals surface area contributed by atoms with Gasteiger partial charge in [-0.15, -0.1) is 22.7 Å². The molecule has 0 atom stereocenters. The van der Waals surface area contributed by atoms with Crippen LogP contribution < -0.4 is 4.80 Å². The highest BCUT2D eigenvalue weighted by atomic mass is 32.2. The largest absolute Gasteiger partial charge is 0.463 e. The molecule has 8 nitrogen and oxygen atoms in total. The van der Waals surface area contributed by atoms with Crippen molar-refractivity contribution in [2.45, 2.75) is 4.90 Å². The van der Waals surface area contributed by atoms with E-state index in [2.05, 4.69) is 5.10 Å². The average molecular weight is 501 g/mol. The minimum absolute atomic E-state index is 0.245. The topological polar surface area (TPSA) is 89.4 Å². The van der Waals surface area contributed by atoms with Gasteiger partial charge in [0, 0.05) is 23.3 Å². The fourth-order valence-electron chi connectivity index (χ4n) is 3.30. The second-order valence-electron chi connectivity index (χ2n) is 7.07. The number of aromatic nitrogens is 1. The molecule has 5 rings (SSSR count). The summed E-state index contributed by atoms with van der Waals surface area (Å²) >= 11 is 3.02. The van der Waals surface area contributed by atoms with E-state index in [0.29, 0.717) is 42.6 Å². The smallest absolute Gasteiger partial charge is 0.243 e. The average Bonchev–Trinajstić information content (AvgIpc) is 3.61. The number of thiophene rings is 1. The fraction of sp³-hybridized carbons (Fsp3) is 0.182. The first-order chi connectivity index (χ1) is 16.1. The Bertz CT molecular complexity index is 1400. The van der Waals surface area contributed by atoms with Gasteiger partial charge in [0.15, 0.2) is 5.76 Å². The van der Waals surface area contributed by atoms with Crippen molar-refractivity contribution in [1.29, 1.82) is 0 Å². The molecule has 0 saturated carbocycles. The number of benzene rings is 1. The predicted molar refractivity (Wildman–Crippen MR) is 129 cm³/mol. The molecule has 0 N–H and O–H groups in total. The van der Waals surface area contributed by atoms with Crippen LogP contribution in [0.3, 0.4) is 0 Å². The standard InChI is InChI=1S/C22H20N4O4S3/c27-33(28,25-9-12-29-13-10-25)19-7-5-17(6-8-19)24-22-26(23-15-18-3-2-14-31-18)20(16-32-22)21-4-1-11-30-21/h1-8,11,14-16H,9-10,12-13H2. The molecule has 1 aliphatic rings. The number of hydrogen-bond acceptors (Lipinski definition) is 8. The molecule has 4 aromatic rings. The van der Waals surface area contributed by atoms with Crippen LogP contribution in [0, 0.1) is 0 Å².